The summed E-state index contributed by atoms with van der Waals surface area (Å²) in [6.45, 7) is 3.98. The van der Waals surface area contributed by atoms with Gasteiger partial charge in [-0.25, -0.2) is 0 Å². The summed E-state index contributed by atoms with van der Waals surface area (Å²) in [5, 5.41) is 12.9. The van der Waals surface area contributed by atoms with E-state index in [2.05, 4.69) is 5.32 Å². The molecule has 0 radical (unpaired) electrons. The molecule has 2 nitrogen and oxygen atoms in total. The van der Waals surface area contributed by atoms with E-state index in [1.807, 2.05) is 45.2 Å². The van der Waals surface area contributed by atoms with Crippen LogP contribution >= 0.6 is 0 Å². The summed E-state index contributed by atoms with van der Waals surface area (Å²) < 4.78 is 0. The largest absolute Gasteiger partial charge is 0.387 e. The van der Waals surface area contributed by atoms with Gasteiger partial charge < -0.3 is 10.4 Å². The molecule has 2 N–H and O–H groups in total. The van der Waals surface area contributed by atoms with E-state index in [0.29, 0.717) is 0 Å². The van der Waals surface area contributed by atoms with Gasteiger partial charge in [0.1, 0.15) is 0 Å². The van der Waals surface area contributed by atoms with Crippen LogP contribution in [0.2, 0.25) is 0 Å². The molecule has 2 heteroatoms. The van der Waals surface area contributed by atoms with Crippen molar-refractivity contribution >= 4 is 0 Å². The van der Waals surface area contributed by atoms with E-state index in [1.165, 1.54) is 0 Å². The van der Waals surface area contributed by atoms with Crippen LogP contribution in [0.5, 0.6) is 0 Å². The molecule has 0 aliphatic heterocycles. The average molecular weight is 179 g/mol. The molecule has 1 aromatic rings. The third-order valence-corrected chi connectivity index (χ3v) is 2.44. The summed E-state index contributed by atoms with van der Waals surface area (Å²) in [5.74, 6) is 0. The molecular weight excluding hydrogens is 162 g/mol. The van der Waals surface area contributed by atoms with Crippen LogP contribution in [0.15, 0.2) is 24.3 Å². The van der Waals surface area contributed by atoms with Crippen molar-refractivity contribution in [1.29, 1.82) is 0 Å². The fourth-order valence-electron chi connectivity index (χ4n) is 1.35. The van der Waals surface area contributed by atoms with Crippen LogP contribution in [0.1, 0.15) is 24.2 Å². The van der Waals surface area contributed by atoms with Gasteiger partial charge in [-0.2, -0.15) is 0 Å². The molecule has 1 rings (SSSR count). The Balaban J connectivity index is 2.88. The fraction of sp³-hybridized carbons (Fsp3) is 0.455. The summed E-state index contributed by atoms with van der Waals surface area (Å²) in [5.41, 5.74) is 2.14. The third kappa shape index (κ3) is 2.29. The highest BCUT2D eigenvalue weighted by Crippen LogP contribution is 2.19. The second kappa shape index (κ2) is 4.40. The summed E-state index contributed by atoms with van der Waals surface area (Å²) in [6.07, 6.45) is -0.425. The van der Waals surface area contributed by atoms with Gasteiger partial charge in [-0.05, 0) is 32.0 Å². The van der Waals surface area contributed by atoms with E-state index in [9.17, 15) is 5.11 Å². The molecule has 0 saturated carbocycles. The van der Waals surface area contributed by atoms with Gasteiger partial charge in [-0.3, -0.25) is 0 Å². The highest BCUT2D eigenvalue weighted by atomic mass is 16.3. The van der Waals surface area contributed by atoms with Crippen molar-refractivity contribution in [3.05, 3.63) is 35.4 Å². The van der Waals surface area contributed by atoms with Crippen LogP contribution in [0, 0.1) is 6.92 Å². The van der Waals surface area contributed by atoms with E-state index in [1.54, 1.807) is 0 Å². The van der Waals surface area contributed by atoms with Gasteiger partial charge in [-0.15, -0.1) is 0 Å². The monoisotopic (exact) mass is 179 g/mol. The van der Waals surface area contributed by atoms with Crippen molar-refractivity contribution in [2.45, 2.75) is 26.0 Å². The molecular formula is C11H17NO. The second-order valence-electron chi connectivity index (χ2n) is 3.38. The molecule has 0 heterocycles. The molecule has 1 aromatic carbocycles. The maximum Gasteiger partial charge on any atom is 0.0942 e. The highest BCUT2D eigenvalue weighted by Gasteiger charge is 2.15. The van der Waals surface area contributed by atoms with Gasteiger partial charge in [0.05, 0.1) is 6.10 Å². The van der Waals surface area contributed by atoms with Crippen LogP contribution in [0.25, 0.3) is 0 Å². The highest BCUT2D eigenvalue weighted by molar-refractivity contribution is 5.28. The first kappa shape index (κ1) is 10.2. The number of rotatable bonds is 3. The minimum atomic E-state index is -0.425. The third-order valence-electron chi connectivity index (χ3n) is 2.44. The number of hydrogen-bond acceptors (Lipinski definition) is 2. The van der Waals surface area contributed by atoms with Gasteiger partial charge in [0.25, 0.3) is 0 Å². The van der Waals surface area contributed by atoms with Crippen LogP contribution in [-0.4, -0.2) is 18.2 Å². The van der Waals surface area contributed by atoms with Crippen LogP contribution in [0.4, 0.5) is 0 Å². The lowest BCUT2D eigenvalue weighted by Gasteiger charge is -2.20. The number of aryl methyl sites for hydroxylation is 1. The Morgan fingerprint density at radius 2 is 1.92 bits per heavy atom. The Morgan fingerprint density at radius 1 is 1.31 bits per heavy atom. The van der Waals surface area contributed by atoms with Gasteiger partial charge >= 0.3 is 0 Å². The van der Waals surface area contributed by atoms with Crippen LogP contribution in [0.3, 0.4) is 0 Å². The minimum Gasteiger partial charge on any atom is -0.387 e. The van der Waals surface area contributed by atoms with Crippen molar-refractivity contribution in [3.8, 4) is 0 Å². The van der Waals surface area contributed by atoms with Gasteiger partial charge in [0, 0.05) is 6.04 Å². The zero-order valence-corrected chi connectivity index (χ0v) is 8.41. The molecule has 13 heavy (non-hydrogen) atoms. The van der Waals surface area contributed by atoms with E-state index in [4.69, 9.17) is 0 Å². The summed E-state index contributed by atoms with van der Waals surface area (Å²) >= 11 is 0. The first-order valence-corrected chi connectivity index (χ1v) is 4.57. The second-order valence-corrected chi connectivity index (χ2v) is 3.38. The molecule has 2 atom stereocenters. The Morgan fingerprint density at radius 3 is 2.46 bits per heavy atom. The molecule has 0 saturated heterocycles. The maximum absolute atomic E-state index is 9.91. The van der Waals surface area contributed by atoms with Crippen molar-refractivity contribution in [3.63, 3.8) is 0 Å². The molecule has 0 aliphatic carbocycles. The first-order chi connectivity index (χ1) is 6.16. The van der Waals surface area contributed by atoms with Gasteiger partial charge in [0.2, 0.25) is 0 Å². The Bertz CT molecular complexity index is 273. The summed E-state index contributed by atoms with van der Waals surface area (Å²) in [6, 6.07) is 8.00. The topological polar surface area (TPSA) is 32.3 Å². The predicted molar refractivity (Wildman–Crippen MR) is 54.7 cm³/mol. The van der Waals surface area contributed by atoms with E-state index in [0.717, 1.165) is 11.1 Å². The minimum absolute atomic E-state index is 0.0844. The van der Waals surface area contributed by atoms with Gasteiger partial charge in [0.15, 0.2) is 0 Å². The number of likely N-dealkylation sites (N-methyl/N-ethyl adjacent to an activating group) is 1. The fourth-order valence-corrected chi connectivity index (χ4v) is 1.35. The molecule has 0 spiro atoms. The number of aliphatic hydroxyl groups is 1. The van der Waals surface area contributed by atoms with Crippen LogP contribution < -0.4 is 5.32 Å². The van der Waals surface area contributed by atoms with Crippen molar-refractivity contribution in [2.24, 2.45) is 0 Å². The quantitative estimate of drug-likeness (QED) is 0.739. The summed E-state index contributed by atoms with van der Waals surface area (Å²) in [7, 11) is 1.85. The molecule has 0 bridgehead atoms. The average Bonchev–Trinajstić information content (AvgIpc) is 2.16. The first-order valence-electron chi connectivity index (χ1n) is 4.57. The van der Waals surface area contributed by atoms with Crippen molar-refractivity contribution in [1.82, 2.24) is 5.32 Å². The Hall–Kier alpha value is -0.860. The maximum atomic E-state index is 9.91. The molecule has 0 amide bonds. The smallest absolute Gasteiger partial charge is 0.0942 e. The van der Waals surface area contributed by atoms with Gasteiger partial charge in [-0.1, -0.05) is 24.3 Å². The predicted octanol–water partition coefficient (Wildman–Crippen LogP) is 1.64. The van der Waals surface area contributed by atoms with E-state index >= 15 is 0 Å². The molecule has 0 aromatic heterocycles. The zero-order chi connectivity index (χ0) is 9.84. The number of benzene rings is 1. The lowest BCUT2D eigenvalue weighted by Crippen LogP contribution is -2.29. The van der Waals surface area contributed by atoms with E-state index < -0.39 is 6.10 Å². The normalized spacial score (nSPS) is 15.4. The number of hydrogen-bond donors (Lipinski definition) is 2. The Kier molecular flexibility index (Phi) is 3.46. The molecule has 2 unspecified atom stereocenters. The van der Waals surface area contributed by atoms with E-state index in [-0.39, 0.29) is 6.04 Å². The standard InChI is InChI=1S/C11H17NO/c1-8-6-4-5-7-10(8)11(13)9(2)12-3/h4-7,9,11-13H,1-3H3. The Labute approximate surface area is 79.6 Å². The molecule has 0 fully saturated rings. The van der Waals surface area contributed by atoms with Crippen LogP contribution in [-0.2, 0) is 0 Å². The number of nitrogens with one attached hydrogen (secondary N) is 1. The SMILES string of the molecule is CNC(C)C(O)c1ccccc1C. The van der Waals surface area contributed by atoms with Crippen molar-refractivity contribution < 1.29 is 5.11 Å². The zero-order valence-electron chi connectivity index (χ0n) is 8.41. The molecule has 72 valence electrons. The number of aliphatic hydroxyl groups excluding tert-OH is 1. The lowest BCUT2D eigenvalue weighted by molar-refractivity contribution is 0.139. The summed E-state index contributed by atoms with van der Waals surface area (Å²) in [4.78, 5) is 0. The van der Waals surface area contributed by atoms with Crippen molar-refractivity contribution in [2.75, 3.05) is 7.05 Å². The molecule has 0 aliphatic rings. The lowest BCUT2D eigenvalue weighted by atomic mass is 9.99.